The van der Waals surface area contributed by atoms with E-state index in [2.05, 4.69) is 0 Å². The largest absolute Gasteiger partial charge is 0.483 e. The van der Waals surface area contributed by atoms with Crippen molar-refractivity contribution in [3.63, 3.8) is 0 Å². The third kappa shape index (κ3) is 3.35. The van der Waals surface area contributed by atoms with E-state index >= 15 is 0 Å². The van der Waals surface area contributed by atoms with Crippen LogP contribution in [0.2, 0.25) is 0 Å². The fourth-order valence-electron chi connectivity index (χ4n) is 1.72. The number of likely N-dealkylation sites (N-methyl/N-ethyl adjacent to an activating group) is 1. The molecule has 0 aliphatic carbocycles. The molecule has 0 aliphatic heterocycles. The molecule has 98 valence electrons. The molecule has 0 heterocycles. The Morgan fingerprint density at radius 2 is 1.63 bits per heavy atom. The third-order valence-corrected chi connectivity index (χ3v) is 2.82. The molecule has 0 fully saturated rings. The monoisotopic (exact) mass is 255 g/mol. The molecule has 0 unspecified atom stereocenters. The van der Waals surface area contributed by atoms with Crippen LogP contribution in [-0.4, -0.2) is 31.5 Å². The van der Waals surface area contributed by atoms with Crippen LogP contribution in [-0.2, 0) is 4.79 Å². The van der Waals surface area contributed by atoms with Crippen molar-refractivity contribution in [2.24, 2.45) is 0 Å². The van der Waals surface area contributed by atoms with E-state index in [0.29, 0.717) is 0 Å². The van der Waals surface area contributed by atoms with Crippen LogP contribution in [0.4, 0.5) is 0 Å². The molecule has 0 saturated heterocycles. The second-order valence-corrected chi connectivity index (χ2v) is 4.44. The number of para-hydroxylation sites is 1. The predicted octanol–water partition coefficient (Wildman–Crippen LogP) is 2.82. The first-order valence-electron chi connectivity index (χ1n) is 6.16. The zero-order valence-electron chi connectivity index (χ0n) is 11.2. The van der Waals surface area contributed by atoms with Crippen molar-refractivity contribution in [2.45, 2.75) is 0 Å². The quantitative estimate of drug-likeness (QED) is 0.840. The molecule has 0 aliphatic rings. The van der Waals surface area contributed by atoms with E-state index in [1.807, 2.05) is 54.6 Å². The van der Waals surface area contributed by atoms with E-state index in [1.54, 1.807) is 14.1 Å². The highest BCUT2D eigenvalue weighted by atomic mass is 16.5. The van der Waals surface area contributed by atoms with Gasteiger partial charge in [0.2, 0.25) is 0 Å². The number of nitrogens with zero attached hydrogens (tertiary/aromatic N) is 1. The van der Waals surface area contributed by atoms with Crippen molar-refractivity contribution < 1.29 is 9.53 Å². The maximum absolute atomic E-state index is 11.6. The topological polar surface area (TPSA) is 29.5 Å². The number of amides is 1. The van der Waals surface area contributed by atoms with Gasteiger partial charge in [-0.3, -0.25) is 4.79 Å². The summed E-state index contributed by atoms with van der Waals surface area (Å²) in [6.07, 6.45) is 0. The van der Waals surface area contributed by atoms with Gasteiger partial charge in [-0.05, 0) is 11.6 Å². The number of hydrogen-bond acceptors (Lipinski definition) is 2. The fraction of sp³-hybridized carbons (Fsp3) is 0.188. The smallest absolute Gasteiger partial charge is 0.259 e. The first kappa shape index (κ1) is 13.1. The summed E-state index contributed by atoms with van der Waals surface area (Å²) in [6.45, 7) is 0.0524. The molecule has 0 spiro atoms. The fourth-order valence-corrected chi connectivity index (χ4v) is 1.72. The van der Waals surface area contributed by atoms with Gasteiger partial charge in [0.15, 0.2) is 6.61 Å². The maximum Gasteiger partial charge on any atom is 0.259 e. The summed E-state index contributed by atoms with van der Waals surface area (Å²) >= 11 is 0. The number of carbonyl (C=O) groups is 1. The van der Waals surface area contributed by atoms with E-state index in [9.17, 15) is 4.79 Å². The van der Waals surface area contributed by atoms with Crippen molar-refractivity contribution >= 4 is 5.91 Å². The Labute approximate surface area is 113 Å². The molecule has 2 rings (SSSR count). The van der Waals surface area contributed by atoms with Crippen LogP contribution in [0.15, 0.2) is 54.6 Å². The van der Waals surface area contributed by atoms with Gasteiger partial charge in [0, 0.05) is 19.7 Å². The zero-order valence-corrected chi connectivity index (χ0v) is 11.2. The number of ether oxygens (including phenoxy) is 1. The maximum atomic E-state index is 11.6. The second kappa shape index (κ2) is 6.05. The Morgan fingerprint density at radius 3 is 2.32 bits per heavy atom. The lowest BCUT2D eigenvalue weighted by atomic mass is 10.1. The molecule has 0 N–H and O–H groups in total. The molecule has 0 saturated carbocycles. The molecule has 0 aromatic heterocycles. The summed E-state index contributed by atoms with van der Waals surface area (Å²) in [5, 5.41) is 0. The molecule has 19 heavy (non-hydrogen) atoms. The summed E-state index contributed by atoms with van der Waals surface area (Å²) in [5.41, 5.74) is 2.07. The van der Waals surface area contributed by atoms with Gasteiger partial charge < -0.3 is 9.64 Å². The number of benzene rings is 2. The van der Waals surface area contributed by atoms with E-state index in [4.69, 9.17) is 4.74 Å². The average molecular weight is 255 g/mol. The summed E-state index contributed by atoms with van der Waals surface area (Å²) in [7, 11) is 3.43. The molecule has 3 heteroatoms. The van der Waals surface area contributed by atoms with Crippen molar-refractivity contribution in [3.8, 4) is 16.9 Å². The third-order valence-electron chi connectivity index (χ3n) is 2.82. The molecule has 0 bridgehead atoms. The Bertz CT molecular complexity index is 550. The minimum atomic E-state index is -0.0529. The van der Waals surface area contributed by atoms with Gasteiger partial charge in [-0.1, -0.05) is 48.5 Å². The number of hydrogen-bond donors (Lipinski definition) is 0. The first-order chi connectivity index (χ1) is 9.18. The standard InChI is InChI=1S/C16H17NO2/c1-17(2)16(18)12-19-15-11-7-6-10-14(15)13-8-4-3-5-9-13/h3-11H,12H2,1-2H3. The SMILES string of the molecule is CN(C)C(=O)COc1ccccc1-c1ccccc1. The van der Waals surface area contributed by atoms with Crippen molar-refractivity contribution in [3.05, 3.63) is 54.6 Å². The highest BCUT2D eigenvalue weighted by Crippen LogP contribution is 2.29. The highest BCUT2D eigenvalue weighted by Gasteiger charge is 2.08. The Hall–Kier alpha value is -2.29. The number of carbonyl (C=O) groups excluding carboxylic acids is 1. The minimum absolute atomic E-state index is 0.0524. The lowest BCUT2D eigenvalue weighted by Gasteiger charge is -2.14. The van der Waals surface area contributed by atoms with Gasteiger partial charge in [0.25, 0.3) is 5.91 Å². The summed E-state index contributed by atoms with van der Waals surface area (Å²) in [6, 6.07) is 17.7. The van der Waals surface area contributed by atoms with Crippen LogP contribution < -0.4 is 4.74 Å². The van der Waals surface area contributed by atoms with E-state index in [0.717, 1.165) is 16.9 Å². The number of rotatable bonds is 4. The van der Waals surface area contributed by atoms with Crippen LogP contribution in [0.1, 0.15) is 0 Å². The molecule has 2 aromatic carbocycles. The van der Waals surface area contributed by atoms with Crippen molar-refractivity contribution in [1.29, 1.82) is 0 Å². The predicted molar refractivity (Wildman–Crippen MR) is 76.1 cm³/mol. The summed E-state index contributed by atoms with van der Waals surface area (Å²) < 4.78 is 5.62. The zero-order chi connectivity index (χ0) is 13.7. The van der Waals surface area contributed by atoms with E-state index in [1.165, 1.54) is 4.90 Å². The van der Waals surface area contributed by atoms with Gasteiger partial charge in [-0.25, -0.2) is 0 Å². The Morgan fingerprint density at radius 1 is 1.00 bits per heavy atom. The summed E-state index contributed by atoms with van der Waals surface area (Å²) in [5.74, 6) is 0.673. The van der Waals surface area contributed by atoms with Crippen LogP contribution in [0.3, 0.4) is 0 Å². The van der Waals surface area contributed by atoms with E-state index < -0.39 is 0 Å². The van der Waals surface area contributed by atoms with Gasteiger partial charge in [0.1, 0.15) is 5.75 Å². The molecular weight excluding hydrogens is 238 g/mol. The molecule has 1 amide bonds. The molecule has 0 atom stereocenters. The summed E-state index contributed by atoms with van der Waals surface area (Å²) in [4.78, 5) is 13.1. The Kier molecular flexibility index (Phi) is 4.18. The van der Waals surface area contributed by atoms with E-state index in [-0.39, 0.29) is 12.5 Å². The normalized spacial score (nSPS) is 10.0. The molecule has 0 radical (unpaired) electrons. The van der Waals surface area contributed by atoms with Crippen molar-refractivity contribution in [2.75, 3.05) is 20.7 Å². The molecule has 2 aromatic rings. The Balaban J connectivity index is 2.20. The second-order valence-electron chi connectivity index (χ2n) is 4.44. The highest BCUT2D eigenvalue weighted by molar-refractivity contribution is 5.78. The minimum Gasteiger partial charge on any atom is -0.483 e. The van der Waals surface area contributed by atoms with Crippen LogP contribution in [0.5, 0.6) is 5.75 Å². The van der Waals surface area contributed by atoms with Gasteiger partial charge >= 0.3 is 0 Å². The van der Waals surface area contributed by atoms with Crippen LogP contribution in [0.25, 0.3) is 11.1 Å². The lowest BCUT2D eigenvalue weighted by molar-refractivity contribution is -0.130. The van der Waals surface area contributed by atoms with Crippen LogP contribution in [0, 0.1) is 0 Å². The van der Waals surface area contributed by atoms with Crippen molar-refractivity contribution in [1.82, 2.24) is 4.90 Å². The first-order valence-corrected chi connectivity index (χ1v) is 6.16. The van der Waals surface area contributed by atoms with Gasteiger partial charge in [-0.2, -0.15) is 0 Å². The van der Waals surface area contributed by atoms with Crippen LogP contribution >= 0.6 is 0 Å². The average Bonchev–Trinajstić information content (AvgIpc) is 2.46. The van der Waals surface area contributed by atoms with Gasteiger partial charge in [0.05, 0.1) is 0 Å². The molecule has 3 nitrogen and oxygen atoms in total. The van der Waals surface area contributed by atoms with Gasteiger partial charge in [-0.15, -0.1) is 0 Å². The molecular formula is C16H17NO2. The lowest BCUT2D eigenvalue weighted by Crippen LogP contribution is -2.27.